The van der Waals surface area contributed by atoms with Gasteiger partial charge in [-0.15, -0.1) is 0 Å². The average Bonchev–Trinajstić information content (AvgIpc) is 3.58. The van der Waals surface area contributed by atoms with Crippen LogP contribution in [-0.2, 0) is 27.5 Å². The molecule has 0 aliphatic carbocycles. The van der Waals surface area contributed by atoms with Crippen molar-refractivity contribution in [3.05, 3.63) is 89.4 Å². The van der Waals surface area contributed by atoms with Crippen LogP contribution in [0.1, 0.15) is 42.2 Å². The first-order valence-electron chi connectivity index (χ1n) is 12.8. The summed E-state index contributed by atoms with van der Waals surface area (Å²) in [7, 11) is 0. The quantitative estimate of drug-likeness (QED) is 0.422. The smallest absolute Gasteiger partial charge is 0.259 e. The van der Waals surface area contributed by atoms with Crippen LogP contribution in [0.5, 0.6) is 0 Å². The van der Waals surface area contributed by atoms with Crippen LogP contribution in [0.4, 0.5) is 5.69 Å². The molecule has 3 aromatic rings. The number of rotatable bonds is 9. The second-order valence-electron chi connectivity index (χ2n) is 9.33. The summed E-state index contributed by atoms with van der Waals surface area (Å²) in [6, 6.07) is 18.0. The standard InChI is InChI=1S/C29H29N5O4S/c1-3-24(27(36)31-16-19-12-10-18(2)11-13-19)39-29-33-22-9-5-4-8-21(22)26-32-23(28(37)34(26)29)15-25(35)30-17-20-7-6-14-38-20/h4-14,23-24H,3,15-17H2,1-2H3,(H,30,35)(H,31,36)/t23-,24-/m1/s1. The van der Waals surface area contributed by atoms with E-state index in [1.54, 1.807) is 12.1 Å². The molecule has 0 bridgehead atoms. The SMILES string of the molecule is CC[C@@H](SC1=Nc2ccccc2C2=N[C@H](CC(=O)NCc3ccco3)C(=O)N12)C(=O)NCc1ccc(C)cc1. The molecule has 0 saturated carbocycles. The Labute approximate surface area is 230 Å². The van der Waals surface area contributed by atoms with Gasteiger partial charge in [-0.2, -0.15) is 0 Å². The molecule has 1 aromatic heterocycles. The normalized spacial score (nSPS) is 16.6. The van der Waals surface area contributed by atoms with Crippen molar-refractivity contribution in [2.75, 3.05) is 0 Å². The number of benzene rings is 2. The number of carbonyl (C=O) groups excluding carboxylic acids is 3. The van der Waals surface area contributed by atoms with Gasteiger partial charge in [-0.05, 0) is 43.2 Å². The van der Waals surface area contributed by atoms with Crippen LogP contribution in [0.3, 0.4) is 0 Å². The number of para-hydroxylation sites is 1. The molecule has 2 atom stereocenters. The Balaban J connectivity index is 1.30. The number of furan rings is 1. The van der Waals surface area contributed by atoms with E-state index >= 15 is 0 Å². The van der Waals surface area contributed by atoms with Crippen molar-refractivity contribution in [3.8, 4) is 0 Å². The van der Waals surface area contributed by atoms with Crippen molar-refractivity contribution in [2.24, 2.45) is 9.98 Å². The molecule has 10 heteroatoms. The lowest BCUT2D eigenvalue weighted by Crippen LogP contribution is -2.43. The van der Waals surface area contributed by atoms with Crippen molar-refractivity contribution in [2.45, 2.75) is 51.1 Å². The van der Waals surface area contributed by atoms with E-state index < -0.39 is 11.3 Å². The maximum atomic E-state index is 13.5. The zero-order valence-corrected chi connectivity index (χ0v) is 22.5. The highest BCUT2D eigenvalue weighted by Gasteiger charge is 2.43. The van der Waals surface area contributed by atoms with Crippen molar-refractivity contribution in [3.63, 3.8) is 0 Å². The summed E-state index contributed by atoms with van der Waals surface area (Å²) in [4.78, 5) is 50.1. The number of aliphatic imine (C=N–C) groups is 2. The fourth-order valence-corrected chi connectivity index (χ4v) is 5.36. The number of hydrogen-bond donors (Lipinski definition) is 2. The summed E-state index contributed by atoms with van der Waals surface area (Å²) in [5.74, 6) is 0.287. The van der Waals surface area contributed by atoms with E-state index in [0.717, 1.165) is 11.1 Å². The first-order valence-corrected chi connectivity index (χ1v) is 13.7. The second-order valence-corrected chi connectivity index (χ2v) is 10.5. The molecule has 3 amide bonds. The van der Waals surface area contributed by atoms with Crippen LogP contribution in [-0.4, -0.2) is 44.9 Å². The van der Waals surface area contributed by atoms with Gasteiger partial charge in [0, 0.05) is 12.1 Å². The first-order chi connectivity index (χ1) is 18.9. The molecule has 200 valence electrons. The van der Waals surface area contributed by atoms with Crippen LogP contribution in [0.25, 0.3) is 0 Å². The fraction of sp³-hybridized carbons (Fsp3) is 0.276. The Kier molecular flexibility index (Phi) is 7.92. The lowest BCUT2D eigenvalue weighted by Gasteiger charge is -2.27. The Morgan fingerprint density at radius 1 is 1.05 bits per heavy atom. The summed E-state index contributed by atoms with van der Waals surface area (Å²) < 4.78 is 5.25. The first kappa shape index (κ1) is 26.4. The van der Waals surface area contributed by atoms with E-state index in [0.29, 0.717) is 41.0 Å². The zero-order chi connectivity index (χ0) is 27.4. The molecular formula is C29H29N5O4S. The molecule has 2 aliphatic heterocycles. The number of carbonyl (C=O) groups is 3. The lowest BCUT2D eigenvalue weighted by atomic mass is 10.1. The molecule has 2 N–H and O–H groups in total. The van der Waals surface area contributed by atoms with Crippen molar-refractivity contribution >= 4 is 46.2 Å². The number of fused-ring (bicyclic) bond motifs is 3. The lowest BCUT2D eigenvalue weighted by molar-refractivity contribution is -0.128. The molecule has 2 aliphatic rings. The third kappa shape index (κ3) is 5.96. The molecule has 5 rings (SSSR count). The molecule has 0 saturated heterocycles. The molecule has 39 heavy (non-hydrogen) atoms. The molecule has 9 nitrogen and oxygen atoms in total. The number of thioether (sulfide) groups is 1. The van der Waals surface area contributed by atoms with Gasteiger partial charge in [0.1, 0.15) is 17.6 Å². The number of aryl methyl sites for hydroxylation is 1. The summed E-state index contributed by atoms with van der Waals surface area (Å²) in [5.41, 5.74) is 3.55. The molecule has 0 unspecified atom stereocenters. The van der Waals surface area contributed by atoms with Crippen molar-refractivity contribution < 1.29 is 18.8 Å². The van der Waals surface area contributed by atoms with E-state index in [9.17, 15) is 14.4 Å². The minimum absolute atomic E-state index is 0.103. The number of hydrogen-bond acceptors (Lipinski definition) is 7. The maximum absolute atomic E-state index is 13.5. The van der Waals surface area contributed by atoms with Gasteiger partial charge in [0.2, 0.25) is 11.8 Å². The third-order valence-corrected chi connectivity index (χ3v) is 7.78. The average molecular weight is 544 g/mol. The van der Waals surface area contributed by atoms with E-state index in [2.05, 4.69) is 15.6 Å². The van der Waals surface area contributed by atoms with E-state index in [1.807, 2.05) is 62.4 Å². The van der Waals surface area contributed by atoms with E-state index in [1.165, 1.54) is 22.9 Å². The third-order valence-electron chi connectivity index (χ3n) is 6.46. The highest BCUT2D eigenvalue weighted by atomic mass is 32.2. The van der Waals surface area contributed by atoms with Crippen LogP contribution < -0.4 is 10.6 Å². The summed E-state index contributed by atoms with van der Waals surface area (Å²) in [5, 5.41) is 5.68. The zero-order valence-electron chi connectivity index (χ0n) is 21.7. The van der Waals surface area contributed by atoms with Crippen LogP contribution >= 0.6 is 11.8 Å². The largest absolute Gasteiger partial charge is 0.467 e. The van der Waals surface area contributed by atoms with E-state index in [4.69, 9.17) is 9.41 Å². The molecular weight excluding hydrogens is 514 g/mol. The highest BCUT2D eigenvalue weighted by Crippen LogP contribution is 2.35. The van der Waals surface area contributed by atoms with E-state index in [-0.39, 0.29) is 30.7 Å². The molecule has 0 spiro atoms. The molecule has 0 radical (unpaired) electrons. The Hall–Kier alpha value is -4.18. The fourth-order valence-electron chi connectivity index (χ4n) is 4.32. The minimum Gasteiger partial charge on any atom is -0.467 e. The van der Waals surface area contributed by atoms with Gasteiger partial charge < -0.3 is 15.1 Å². The van der Waals surface area contributed by atoms with Gasteiger partial charge in [-0.25, -0.2) is 9.89 Å². The Morgan fingerprint density at radius 3 is 2.59 bits per heavy atom. The van der Waals surface area contributed by atoms with Crippen LogP contribution in [0.2, 0.25) is 0 Å². The molecule has 0 fully saturated rings. The van der Waals surface area contributed by atoms with Crippen LogP contribution in [0, 0.1) is 6.92 Å². The minimum atomic E-state index is -0.885. The monoisotopic (exact) mass is 543 g/mol. The predicted molar refractivity (Wildman–Crippen MR) is 151 cm³/mol. The Bertz CT molecular complexity index is 1430. The Morgan fingerprint density at radius 2 is 1.85 bits per heavy atom. The summed E-state index contributed by atoms with van der Waals surface area (Å²) in [6.07, 6.45) is 1.97. The molecule has 2 aromatic carbocycles. The topological polar surface area (TPSA) is 116 Å². The number of nitrogens with one attached hydrogen (secondary N) is 2. The molecule has 3 heterocycles. The highest BCUT2D eigenvalue weighted by molar-refractivity contribution is 8.15. The van der Waals surface area contributed by atoms with Gasteiger partial charge in [0.05, 0.1) is 30.2 Å². The van der Waals surface area contributed by atoms with Crippen molar-refractivity contribution in [1.29, 1.82) is 0 Å². The number of amides is 3. The maximum Gasteiger partial charge on any atom is 0.259 e. The number of nitrogens with zero attached hydrogens (tertiary/aromatic N) is 3. The summed E-state index contributed by atoms with van der Waals surface area (Å²) >= 11 is 1.23. The van der Waals surface area contributed by atoms with Gasteiger partial charge in [-0.3, -0.25) is 19.4 Å². The predicted octanol–water partition coefficient (Wildman–Crippen LogP) is 4.08. The summed E-state index contributed by atoms with van der Waals surface area (Å²) in [6.45, 7) is 4.59. The van der Waals surface area contributed by atoms with Gasteiger partial charge >= 0.3 is 0 Å². The van der Waals surface area contributed by atoms with Crippen LogP contribution in [0.15, 0.2) is 81.3 Å². The van der Waals surface area contributed by atoms with Crippen molar-refractivity contribution in [1.82, 2.24) is 15.5 Å². The van der Waals surface area contributed by atoms with Gasteiger partial charge in [0.25, 0.3) is 5.91 Å². The number of amidine groups is 2. The van der Waals surface area contributed by atoms with Gasteiger partial charge in [0.15, 0.2) is 5.17 Å². The second kappa shape index (κ2) is 11.7. The van der Waals surface area contributed by atoms with Gasteiger partial charge in [-0.1, -0.05) is 60.6 Å².